The molecule has 2 saturated carbocycles. The van der Waals surface area contributed by atoms with Crippen LogP contribution in [0.25, 0.3) is 0 Å². The number of fused-ring (bicyclic) bond motifs is 4. The molecule has 0 radical (unpaired) electrons. The van der Waals surface area contributed by atoms with E-state index in [1.165, 1.54) is 11.1 Å². The molecule has 0 spiro atoms. The van der Waals surface area contributed by atoms with Crippen LogP contribution in [0.15, 0.2) is 22.8 Å². The summed E-state index contributed by atoms with van der Waals surface area (Å²) in [6.07, 6.45) is 11.2. The fraction of sp³-hybridized carbons (Fsp3) is 0.773. The lowest BCUT2D eigenvalue weighted by Gasteiger charge is -2.58. The molecule has 5 atom stereocenters. The molecule has 0 bridgehead atoms. The Morgan fingerprint density at radius 1 is 1.12 bits per heavy atom. The molecule has 24 heavy (non-hydrogen) atoms. The predicted molar refractivity (Wildman–Crippen MR) is 96.5 cm³/mol. The zero-order valence-corrected chi connectivity index (χ0v) is 15.5. The number of hydrogen-bond donors (Lipinski definition) is 1. The van der Waals surface area contributed by atoms with Gasteiger partial charge in [-0.1, -0.05) is 31.1 Å². The average Bonchev–Trinajstić information content (AvgIpc) is 2.91. The van der Waals surface area contributed by atoms with Gasteiger partial charge in [0, 0.05) is 17.8 Å². The van der Waals surface area contributed by atoms with Crippen molar-refractivity contribution in [1.29, 1.82) is 0 Å². The molecule has 0 amide bonds. The average molecular weight is 328 g/mol. The number of aliphatic hydroxyl groups is 1. The first-order chi connectivity index (χ1) is 11.4. The van der Waals surface area contributed by atoms with Gasteiger partial charge in [0.15, 0.2) is 0 Å². The highest BCUT2D eigenvalue weighted by Gasteiger charge is 2.63. The summed E-state index contributed by atoms with van der Waals surface area (Å²) in [5, 5.41) is 11.7. The van der Waals surface area contributed by atoms with Gasteiger partial charge in [-0.25, -0.2) is 0 Å². The summed E-state index contributed by atoms with van der Waals surface area (Å²) in [5.74, 6) is 1.76. The summed E-state index contributed by atoms with van der Waals surface area (Å²) in [6.45, 7) is 6.53. The third-order valence-corrected chi connectivity index (χ3v) is 8.08. The summed E-state index contributed by atoms with van der Waals surface area (Å²) >= 11 is 0. The van der Waals surface area contributed by atoms with Gasteiger partial charge < -0.3 is 5.11 Å². The highest BCUT2D eigenvalue weighted by Crippen LogP contribution is 2.64. The zero-order valence-electron chi connectivity index (χ0n) is 15.5. The third-order valence-electron chi connectivity index (χ3n) is 8.08. The van der Waals surface area contributed by atoms with Crippen molar-refractivity contribution < 1.29 is 9.90 Å². The Morgan fingerprint density at radius 3 is 2.62 bits per heavy atom. The van der Waals surface area contributed by atoms with Crippen molar-refractivity contribution in [1.82, 2.24) is 0 Å². The van der Waals surface area contributed by atoms with E-state index in [2.05, 4.69) is 26.8 Å². The van der Waals surface area contributed by atoms with Gasteiger partial charge in [0.05, 0.1) is 5.60 Å². The van der Waals surface area contributed by atoms with Crippen LogP contribution in [0.5, 0.6) is 0 Å². The Kier molecular flexibility index (Phi) is 3.84. The van der Waals surface area contributed by atoms with E-state index in [1.807, 2.05) is 0 Å². The van der Waals surface area contributed by atoms with Crippen LogP contribution in [0.1, 0.15) is 78.6 Å². The van der Waals surface area contributed by atoms with Gasteiger partial charge in [-0.2, -0.15) is 0 Å². The first-order valence-corrected chi connectivity index (χ1v) is 10.1. The highest BCUT2D eigenvalue weighted by molar-refractivity contribution is 5.87. The van der Waals surface area contributed by atoms with Crippen molar-refractivity contribution in [2.75, 3.05) is 0 Å². The first-order valence-electron chi connectivity index (χ1n) is 10.1. The second kappa shape index (κ2) is 5.56. The SMILES string of the molecule is CCC1(O)C[C@]2(CC)C(=O)CCC2C2CCC3=C(CCC(C)=C3)C21. The van der Waals surface area contributed by atoms with E-state index >= 15 is 0 Å². The van der Waals surface area contributed by atoms with E-state index in [-0.39, 0.29) is 5.41 Å². The maximum atomic E-state index is 12.8. The minimum Gasteiger partial charge on any atom is -0.389 e. The number of ketones is 1. The van der Waals surface area contributed by atoms with Crippen LogP contribution in [-0.4, -0.2) is 16.5 Å². The third kappa shape index (κ3) is 2.08. The molecule has 1 N–H and O–H groups in total. The zero-order chi connectivity index (χ0) is 17.1. The minimum atomic E-state index is -0.683. The second-order valence-electron chi connectivity index (χ2n) is 8.93. The molecule has 0 aliphatic heterocycles. The lowest BCUT2D eigenvalue weighted by molar-refractivity contribution is -0.158. The van der Waals surface area contributed by atoms with E-state index in [1.54, 1.807) is 5.57 Å². The summed E-state index contributed by atoms with van der Waals surface area (Å²) in [6, 6.07) is 0. The molecule has 0 aromatic rings. The maximum absolute atomic E-state index is 12.8. The van der Waals surface area contributed by atoms with Crippen LogP contribution in [-0.2, 0) is 4.79 Å². The smallest absolute Gasteiger partial charge is 0.139 e. The number of allylic oxidation sites excluding steroid dienone is 3. The standard InChI is InChI=1S/C22H32O2/c1-4-21-13-22(24,5-2)20-16-8-6-14(3)12-15(16)7-9-17(20)18(21)10-11-19(21)23/h12,17-18,20,24H,4-11,13H2,1-3H3/t17?,18?,20?,21-,22?/m0/s1. The van der Waals surface area contributed by atoms with Gasteiger partial charge >= 0.3 is 0 Å². The van der Waals surface area contributed by atoms with Crippen molar-refractivity contribution in [3.8, 4) is 0 Å². The van der Waals surface area contributed by atoms with E-state index in [0.29, 0.717) is 30.0 Å². The van der Waals surface area contributed by atoms with E-state index in [9.17, 15) is 9.90 Å². The summed E-state index contributed by atoms with van der Waals surface area (Å²) < 4.78 is 0. The van der Waals surface area contributed by atoms with Crippen molar-refractivity contribution in [3.05, 3.63) is 22.8 Å². The molecule has 2 fully saturated rings. The second-order valence-corrected chi connectivity index (χ2v) is 8.93. The van der Waals surface area contributed by atoms with Crippen LogP contribution >= 0.6 is 0 Å². The number of hydrogen-bond acceptors (Lipinski definition) is 2. The Morgan fingerprint density at radius 2 is 1.92 bits per heavy atom. The molecule has 4 aliphatic carbocycles. The van der Waals surface area contributed by atoms with Crippen LogP contribution in [0, 0.1) is 23.2 Å². The molecule has 0 heterocycles. The van der Waals surface area contributed by atoms with Gasteiger partial charge in [0.25, 0.3) is 0 Å². The molecule has 4 aliphatic rings. The fourth-order valence-electron chi connectivity index (χ4n) is 6.90. The highest BCUT2D eigenvalue weighted by atomic mass is 16.3. The normalized spacial score (nSPS) is 44.8. The predicted octanol–water partition coefficient (Wildman–Crippen LogP) is 4.97. The Hall–Kier alpha value is -0.890. The topological polar surface area (TPSA) is 37.3 Å². The molecule has 132 valence electrons. The van der Waals surface area contributed by atoms with Gasteiger partial charge in [0.2, 0.25) is 0 Å². The Bertz CT molecular complexity index is 628. The van der Waals surface area contributed by atoms with E-state index in [0.717, 1.165) is 51.4 Å². The molecule has 2 heteroatoms. The first kappa shape index (κ1) is 16.6. The fourth-order valence-corrected chi connectivity index (χ4v) is 6.90. The summed E-state index contributed by atoms with van der Waals surface area (Å²) in [5.41, 5.74) is 3.63. The van der Waals surface area contributed by atoms with Gasteiger partial charge in [-0.3, -0.25) is 4.79 Å². The minimum absolute atomic E-state index is 0.232. The van der Waals surface area contributed by atoms with Crippen LogP contribution in [0.3, 0.4) is 0 Å². The summed E-state index contributed by atoms with van der Waals surface area (Å²) in [7, 11) is 0. The van der Waals surface area contributed by atoms with Crippen LogP contribution in [0.2, 0.25) is 0 Å². The molecule has 0 aromatic heterocycles. The van der Waals surface area contributed by atoms with Crippen molar-refractivity contribution >= 4 is 5.78 Å². The monoisotopic (exact) mass is 328 g/mol. The number of carbonyl (C=O) groups is 1. The van der Waals surface area contributed by atoms with Crippen molar-refractivity contribution in [2.24, 2.45) is 23.2 Å². The summed E-state index contributed by atoms with van der Waals surface area (Å²) in [4.78, 5) is 12.8. The van der Waals surface area contributed by atoms with E-state index < -0.39 is 5.60 Å². The van der Waals surface area contributed by atoms with Gasteiger partial charge in [-0.05, 0) is 75.7 Å². The van der Waals surface area contributed by atoms with Crippen molar-refractivity contribution in [3.63, 3.8) is 0 Å². The largest absolute Gasteiger partial charge is 0.389 e. The van der Waals surface area contributed by atoms with Crippen LogP contribution < -0.4 is 0 Å². The molecular weight excluding hydrogens is 296 g/mol. The lowest BCUT2D eigenvalue weighted by Crippen LogP contribution is -2.58. The number of carbonyl (C=O) groups excluding carboxylic acids is 1. The quantitative estimate of drug-likeness (QED) is 0.777. The van der Waals surface area contributed by atoms with Gasteiger partial charge in [-0.15, -0.1) is 0 Å². The molecule has 0 aromatic carbocycles. The Labute approximate surface area is 146 Å². The lowest BCUT2D eigenvalue weighted by atomic mass is 9.48. The van der Waals surface area contributed by atoms with E-state index in [4.69, 9.17) is 0 Å². The molecular formula is C22H32O2. The Balaban J connectivity index is 1.82. The number of rotatable bonds is 2. The molecule has 2 nitrogen and oxygen atoms in total. The molecule has 0 saturated heterocycles. The maximum Gasteiger partial charge on any atom is 0.139 e. The van der Waals surface area contributed by atoms with Crippen LogP contribution in [0.4, 0.5) is 0 Å². The van der Waals surface area contributed by atoms with Crippen molar-refractivity contribution in [2.45, 2.75) is 84.2 Å². The molecule has 4 rings (SSSR count). The molecule has 4 unspecified atom stereocenters. The van der Waals surface area contributed by atoms with Gasteiger partial charge in [0.1, 0.15) is 5.78 Å². The number of Topliss-reactive ketones (excluding diaryl/α,β-unsaturated/α-hetero) is 1.